The normalized spacial score (nSPS) is 38.7. The molecule has 0 amide bonds. The van der Waals surface area contributed by atoms with Crippen LogP contribution in [0.2, 0.25) is 0 Å². The van der Waals surface area contributed by atoms with Gasteiger partial charge in [-0.15, -0.1) is 0 Å². The first-order valence-corrected chi connectivity index (χ1v) is 8.56. The number of methoxy groups -OCH3 is 1. The van der Waals surface area contributed by atoms with E-state index in [-0.39, 0.29) is 11.2 Å². The van der Waals surface area contributed by atoms with Crippen LogP contribution in [0.3, 0.4) is 0 Å². The quantitative estimate of drug-likeness (QED) is 0.854. The number of hydrogen-bond acceptors (Lipinski definition) is 4. The van der Waals surface area contributed by atoms with E-state index >= 15 is 0 Å². The number of nitrogens with zero attached hydrogens (tertiary/aromatic N) is 3. The lowest BCUT2D eigenvalue weighted by molar-refractivity contribution is -0.234. The van der Waals surface area contributed by atoms with E-state index in [1.165, 1.54) is 31.4 Å². The molecule has 1 saturated carbocycles. The Morgan fingerprint density at radius 3 is 3.09 bits per heavy atom. The van der Waals surface area contributed by atoms with E-state index in [4.69, 9.17) is 9.47 Å². The summed E-state index contributed by atoms with van der Waals surface area (Å²) in [5.41, 5.74) is 1.60. The predicted molar refractivity (Wildman–Crippen MR) is 83.6 cm³/mol. The van der Waals surface area contributed by atoms with E-state index in [1.807, 2.05) is 25.0 Å². The number of hydrogen-bond donors (Lipinski definition) is 0. The van der Waals surface area contributed by atoms with E-state index in [2.05, 4.69) is 16.2 Å². The molecule has 5 heteroatoms. The SMILES string of the molecule is CO[C@]12CCC[C@@]1(CN1CCC(c3cnn(C)c3)C1)CCO2. The van der Waals surface area contributed by atoms with Crippen molar-refractivity contribution in [3.63, 3.8) is 0 Å². The first-order valence-electron chi connectivity index (χ1n) is 8.56. The summed E-state index contributed by atoms with van der Waals surface area (Å²) in [6.07, 6.45) is 10.1. The Kier molecular flexibility index (Phi) is 3.55. The van der Waals surface area contributed by atoms with Gasteiger partial charge in [0, 0.05) is 51.2 Å². The Morgan fingerprint density at radius 1 is 1.41 bits per heavy atom. The van der Waals surface area contributed by atoms with E-state index in [9.17, 15) is 0 Å². The molecule has 0 aromatic carbocycles. The minimum atomic E-state index is -0.306. The molecule has 3 heterocycles. The molecule has 3 atom stereocenters. The average molecular weight is 305 g/mol. The van der Waals surface area contributed by atoms with Crippen LogP contribution in [0.1, 0.15) is 43.6 Å². The van der Waals surface area contributed by atoms with Crippen LogP contribution in [0.5, 0.6) is 0 Å². The zero-order valence-corrected chi connectivity index (χ0v) is 13.8. The number of fused-ring (bicyclic) bond motifs is 1. The maximum Gasteiger partial charge on any atom is 0.174 e. The van der Waals surface area contributed by atoms with Crippen molar-refractivity contribution < 1.29 is 9.47 Å². The molecule has 4 rings (SSSR count). The van der Waals surface area contributed by atoms with Gasteiger partial charge in [0.2, 0.25) is 0 Å². The van der Waals surface area contributed by atoms with Gasteiger partial charge in [-0.05, 0) is 37.8 Å². The lowest BCUT2D eigenvalue weighted by atomic mass is 9.79. The van der Waals surface area contributed by atoms with Gasteiger partial charge in [-0.25, -0.2) is 0 Å². The van der Waals surface area contributed by atoms with Crippen LogP contribution < -0.4 is 0 Å². The summed E-state index contributed by atoms with van der Waals surface area (Å²) in [5, 5.41) is 4.32. The van der Waals surface area contributed by atoms with E-state index in [0.717, 1.165) is 32.5 Å². The van der Waals surface area contributed by atoms with Gasteiger partial charge < -0.3 is 14.4 Å². The molecular weight excluding hydrogens is 278 g/mol. The molecule has 22 heavy (non-hydrogen) atoms. The second kappa shape index (κ2) is 5.32. The fourth-order valence-electron chi connectivity index (χ4n) is 5.05. The molecule has 0 N–H and O–H groups in total. The molecule has 3 fully saturated rings. The first-order chi connectivity index (χ1) is 10.7. The minimum absolute atomic E-state index is 0.214. The number of aryl methyl sites for hydroxylation is 1. The highest BCUT2D eigenvalue weighted by Crippen LogP contribution is 2.56. The Morgan fingerprint density at radius 2 is 2.32 bits per heavy atom. The van der Waals surface area contributed by atoms with Gasteiger partial charge in [0.1, 0.15) is 0 Å². The summed E-state index contributed by atoms with van der Waals surface area (Å²) < 4.78 is 13.9. The average Bonchev–Trinajstić information content (AvgIpc) is 3.22. The standard InChI is InChI=1S/C17H27N3O2/c1-19-11-15(10-18-19)14-4-8-20(12-14)13-16-5-3-6-17(16,21-2)22-9-7-16/h10-11,14H,3-9,12-13H2,1-2H3/t14?,16-,17-/m0/s1. The number of likely N-dealkylation sites (tertiary alicyclic amines) is 1. The maximum atomic E-state index is 6.08. The third kappa shape index (κ3) is 2.14. The zero-order valence-electron chi connectivity index (χ0n) is 13.8. The van der Waals surface area contributed by atoms with Gasteiger partial charge in [-0.1, -0.05) is 0 Å². The van der Waals surface area contributed by atoms with Crippen molar-refractivity contribution in [3.8, 4) is 0 Å². The largest absolute Gasteiger partial charge is 0.353 e. The summed E-state index contributed by atoms with van der Waals surface area (Å²) in [5.74, 6) is 0.324. The highest BCUT2D eigenvalue weighted by Gasteiger charge is 2.60. The molecule has 1 unspecified atom stereocenters. The van der Waals surface area contributed by atoms with Gasteiger partial charge >= 0.3 is 0 Å². The van der Waals surface area contributed by atoms with Crippen LogP contribution in [0.15, 0.2) is 12.4 Å². The van der Waals surface area contributed by atoms with Crippen molar-refractivity contribution in [2.75, 3.05) is 33.4 Å². The third-order valence-electron chi connectivity index (χ3n) is 6.21. The van der Waals surface area contributed by atoms with Gasteiger partial charge in [0.05, 0.1) is 12.8 Å². The summed E-state index contributed by atoms with van der Waals surface area (Å²) in [6.45, 7) is 4.31. The molecule has 0 spiro atoms. The van der Waals surface area contributed by atoms with E-state index < -0.39 is 0 Å². The number of ether oxygens (including phenoxy) is 2. The maximum absolute atomic E-state index is 6.08. The van der Waals surface area contributed by atoms with Crippen LogP contribution in [0.4, 0.5) is 0 Å². The minimum Gasteiger partial charge on any atom is -0.353 e. The van der Waals surface area contributed by atoms with Crippen molar-refractivity contribution in [2.45, 2.75) is 43.8 Å². The highest BCUT2D eigenvalue weighted by atomic mass is 16.7. The molecule has 2 aliphatic heterocycles. The lowest BCUT2D eigenvalue weighted by Crippen LogP contribution is -2.48. The summed E-state index contributed by atoms with van der Waals surface area (Å²) in [7, 11) is 3.82. The first kappa shape index (κ1) is 14.7. The van der Waals surface area contributed by atoms with Crippen molar-refractivity contribution in [1.82, 2.24) is 14.7 Å². The molecular formula is C17H27N3O2. The molecule has 1 aromatic rings. The Bertz CT molecular complexity index is 532. The Labute approximate surface area is 132 Å². The monoisotopic (exact) mass is 305 g/mol. The van der Waals surface area contributed by atoms with E-state index in [0.29, 0.717) is 5.92 Å². The molecule has 0 bridgehead atoms. The second-order valence-electron chi connectivity index (χ2n) is 7.36. The van der Waals surface area contributed by atoms with Gasteiger partial charge in [-0.2, -0.15) is 5.10 Å². The van der Waals surface area contributed by atoms with Gasteiger partial charge in [0.15, 0.2) is 5.79 Å². The molecule has 2 saturated heterocycles. The zero-order chi connectivity index (χ0) is 15.2. The second-order valence-corrected chi connectivity index (χ2v) is 7.36. The summed E-state index contributed by atoms with van der Waals surface area (Å²) in [4.78, 5) is 2.63. The van der Waals surface area contributed by atoms with Gasteiger partial charge in [0.25, 0.3) is 0 Å². The Balaban J connectivity index is 1.46. The molecule has 1 aromatic heterocycles. The molecule has 122 valence electrons. The van der Waals surface area contributed by atoms with Crippen molar-refractivity contribution in [2.24, 2.45) is 12.5 Å². The molecule has 5 nitrogen and oxygen atoms in total. The third-order valence-corrected chi connectivity index (χ3v) is 6.21. The van der Waals surface area contributed by atoms with Crippen molar-refractivity contribution in [3.05, 3.63) is 18.0 Å². The molecule has 0 radical (unpaired) electrons. The topological polar surface area (TPSA) is 39.5 Å². The van der Waals surface area contributed by atoms with Gasteiger partial charge in [-0.3, -0.25) is 4.68 Å². The summed E-state index contributed by atoms with van der Waals surface area (Å²) >= 11 is 0. The van der Waals surface area contributed by atoms with Crippen LogP contribution in [-0.4, -0.2) is 53.8 Å². The molecule has 1 aliphatic carbocycles. The predicted octanol–water partition coefficient (Wildman–Crippen LogP) is 2.14. The Hall–Kier alpha value is -0.910. The fourth-order valence-corrected chi connectivity index (χ4v) is 5.05. The lowest BCUT2D eigenvalue weighted by Gasteiger charge is -2.40. The number of aromatic nitrogens is 2. The molecule has 3 aliphatic rings. The smallest absolute Gasteiger partial charge is 0.174 e. The van der Waals surface area contributed by atoms with E-state index in [1.54, 1.807) is 0 Å². The fraction of sp³-hybridized carbons (Fsp3) is 0.824. The van der Waals surface area contributed by atoms with Crippen molar-refractivity contribution >= 4 is 0 Å². The van der Waals surface area contributed by atoms with Crippen LogP contribution in [-0.2, 0) is 16.5 Å². The van der Waals surface area contributed by atoms with Crippen LogP contribution >= 0.6 is 0 Å². The summed E-state index contributed by atoms with van der Waals surface area (Å²) in [6, 6.07) is 0. The number of rotatable bonds is 4. The van der Waals surface area contributed by atoms with Crippen LogP contribution in [0.25, 0.3) is 0 Å². The van der Waals surface area contributed by atoms with Crippen molar-refractivity contribution in [1.29, 1.82) is 0 Å². The highest BCUT2D eigenvalue weighted by molar-refractivity contribution is 5.14. The van der Waals surface area contributed by atoms with Crippen LogP contribution in [0, 0.1) is 5.41 Å².